The molecular weight excluding hydrogens is 396 g/mol. The molecule has 1 nitrogen and oxygen atoms in total. The molecule has 1 aromatic rings. The lowest BCUT2D eigenvalue weighted by molar-refractivity contribution is -0.301. The molecule has 0 aromatic heterocycles. The Morgan fingerprint density at radius 1 is 0.778 bits per heavy atom. The molecule has 0 saturated carbocycles. The quantitative estimate of drug-likeness (QED) is 0.690. The Kier molecular flexibility index (Phi) is 4.10. The summed E-state index contributed by atoms with van der Waals surface area (Å²) in [6.07, 6.45) is -11.3. The van der Waals surface area contributed by atoms with Crippen molar-refractivity contribution in [2.24, 2.45) is 5.73 Å². The first-order chi connectivity index (χ1) is 7.89. The van der Waals surface area contributed by atoms with Gasteiger partial charge >= 0.3 is 12.4 Å². The average molecular weight is 401 g/mol. The van der Waals surface area contributed by atoms with E-state index in [2.05, 4.69) is 37.6 Å². The first-order valence-corrected chi connectivity index (χ1v) is 5.87. The van der Waals surface area contributed by atoms with Gasteiger partial charge in [0.25, 0.3) is 0 Å². The number of hydrogen-bond donors (Lipinski definition) is 1. The van der Waals surface area contributed by atoms with Gasteiger partial charge in [0.05, 0.1) is 0 Å². The second-order valence-electron chi connectivity index (χ2n) is 3.46. The van der Waals surface area contributed by atoms with E-state index >= 15 is 0 Å². The summed E-state index contributed by atoms with van der Waals surface area (Å²) in [7, 11) is 0. The Morgan fingerprint density at radius 3 is 1.39 bits per heavy atom. The lowest BCUT2D eigenvalue weighted by Crippen LogP contribution is -2.60. The Hall–Kier alpha value is -0.280. The van der Waals surface area contributed by atoms with Gasteiger partial charge in [-0.15, -0.1) is 0 Å². The molecule has 0 aliphatic carbocycles. The van der Waals surface area contributed by atoms with Crippen LogP contribution in [0.2, 0.25) is 0 Å². The van der Waals surface area contributed by atoms with Crippen LogP contribution in [-0.2, 0) is 5.54 Å². The minimum Gasteiger partial charge on any atom is -0.306 e. The van der Waals surface area contributed by atoms with Crippen molar-refractivity contribution in [3.63, 3.8) is 0 Å². The number of halogens is 8. The minimum absolute atomic E-state index is 0.0511. The highest BCUT2D eigenvalue weighted by Gasteiger charge is 2.69. The predicted molar refractivity (Wildman–Crippen MR) is 59.8 cm³/mol. The molecular formula is C9H5Br2F6N. The summed E-state index contributed by atoms with van der Waals surface area (Å²) in [4.78, 5) is 0. The molecule has 2 N–H and O–H groups in total. The summed E-state index contributed by atoms with van der Waals surface area (Å²) in [5, 5.41) is 0. The van der Waals surface area contributed by atoms with E-state index in [0.717, 1.165) is 0 Å². The first-order valence-electron chi connectivity index (χ1n) is 4.28. The van der Waals surface area contributed by atoms with Crippen molar-refractivity contribution in [3.8, 4) is 0 Å². The van der Waals surface area contributed by atoms with Crippen LogP contribution in [0.1, 0.15) is 5.56 Å². The highest BCUT2D eigenvalue weighted by atomic mass is 79.9. The fourth-order valence-corrected chi connectivity index (χ4v) is 2.56. The Balaban J connectivity index is 3.55. The van der Waals surface area contributed by atoms with E-state index in [1.54, 1.807) is 0 Å². The number of nitrogens with two attached hydrogens (primary N) is 1. The van der Waals surface area contributed by atoms with Crippen LogP contribution in [0.25, 0.3) is 0 Å². The van der Waals surface area contributed by atoms with Crippen LogP contribution >= 0.6 is 31.9 Å². The van der Waals surface area contributed by atoms with Crippen LogP contribution in [-0.4, -0.2) is 12.4 Å². The lowest BCUT2D eigenvalue weighted by Gasteiger charge is -2.34. The van der Waals surface area contributed by atoms with Gasteiger partial charge in [-0.2, -0.15) is 26.3 Å². The lowest BCUT2D eigenvalue weighted by atomic mass is 9.89. The van der Waals surface area contributed by atoms with Crippen molar-refractivity contribution >= 4 is 31.9 Å². The molecule has 1 rings (SSSR count). The van der Waals surface area contributed by atoms with E-state index in [1.807, 2.05) is 0 Å². The monoisotopic (exact) mass is 399 g/mol. The molecule has 0 bridgehead atoms. The van der Waals surface area contributed by atoms with Gasteiger partial charge in [0, 0.05) is 8.95 Å². The topological polar surface area (TPSA) is 26.0 Å². The summed E-state index contributed by atoms with van der Waals surface area (Å²) >= 11 is 5.64. The van der Waals surface area contributed by atoms with Gasteiger partial charge in [0.2, 0.25) is 5.54 Å². The maximum atomic E-state index is 12.7. The van der Waals surface area contributed by atoms with Crippen molar-refractivity contribution in [1.29, 1.82) is 0 Å². The molecule has 0 spiro atoms. The third-order valence-corrected chi connectivity index (χ3v) is 3.13. The molecule has 0 saturated heterocycles. The van der Waals surface area contributed by atoms with Crippen LogP contribution in [0.5, 0.6) is 0 Å². The second kappa shape index (κ2) is 4.68. The molecule has 0 radical (unpaired) electrons. The summed E-state index contributed by atoms with van der Waals surface area (Å²) < 4.78 is 76.1. The highest BCUT2D eigenvalue weighted by molar-refractivity contribution is 9.11. The summed E-state index contributed by atoms with van der Waals surface area (Å²) in [5.41, 5.74) is -0.885. The van der Waals surface area contributed by atoms with Crippen molar-refractivity contribution in [2.45, 2.75) is 17.9 Å². The molecule has 0 atom stereocenters. The summed E-state index contributed by atoms with van der Waals surface area (Å²) in [5.74, 6) is 0. The molecule has 1 aromatic carbocycles. The average Bonchev–Trinajstić information content (AvgIpc) is 2.11. The second-order valence-corrected chi connectivity index (χ2v) is 5.29. The largest absolute Gasteiger partial charge is 0.419 e. The van der Waals surface area contributed by atoms with Crippen LogP contribution in [0.15, 0.2) is 27.1 Å². The third kappa shape index (κ3) is 2.67. The summed E-state index contributed by atoms with van der Waals surface area (Å²) in [6, 6.07) is 2.67. The Labute approximate surface area is 115 Å². The molecule has 0 unspecified atom stereocenters. The zero-order valence-electron chi connectivity index (χ0n) is 8.33. The number of alkyl halides is 6. The van der Waals surface area contributed by atoms with Crippen molar-refractivity contribution in [2.75, 3.05) is 0 Å². The molecule has 18 heavy (non-hydrogen) atoms. The number of hydrogen-bond acceptors (Lipinski definition) is 1. The van der Waals surface area contributed by atoms with Crippen molar-refractivity contribution in [1.82, 2.24) is 0 Å². The minimum atomic E-state index is -5.66. The van der Waals surface area contributed by atoms with Crippen LogP contribution in [0.3, 0.4) is 0 Å². The van der Waals surface area contributed by atoms with Crippen LogP contribution < -0.4 is 5.73 Å². The zero-order chi connectivity index (χ0) is 14.4. The summed E-state index contributed by atoms with van der Waals surface area (Å²) in [6.45, 7) is 0. The van der Waals surface area contributed by atoms with Crippen molar-refractivity contribution in [3.05, 3.63) is 32.7 Å². The van der Waals surface area contributed by atoms with Gasteiger partial charge in [0.15, 0.2) is 0 Å². The van der Waals surface area contributed by atoms with Gasteiger partial charge < -0.3 is 5.73 Å². The number of benzene rings is 1. The maximum absolute atomic E-state index is 12.7. The molecule has 9 heteroatoms. The highest BCUT2D eigenvalue weighted by Crippen LogP contribution is 2.48. The fraction of sp³-hybridized carbons (Fsp3) is 0.333. The third-order valence-electron chi connectivity index (χ3n) is 2.21. The normalized spacial score (nSPS) is 13.8. The Morgan fingerprint density at radius 2 is 1.11 bits per heavy atom. The van der Waals surface area contributed by atoms with E-state index in [0.29, 0.717) is 12.1 Å². The van der Waals surface area contributed by atoms with Gasteiger partial charge in [-0.1, -0.05) is 31.9 Å². The number of rotatable bonds is 1. The van der Waals surface area contributed by atoms with Crippen molar-refractivity contribution < 1.29 is 26.3 Å². The van der Waals surface area contributed by atoms with Gasteiger partial charge in [-0.3, -0.25) is 0 Å². The van der Waals surface area contributed by atoms with Crippen LogP contribution in [0.4, 0.5) is 26.3 Å². The van der Waals surface area contributed by atoms with Gasteiger partial charge in [0.1, 0.15) is 0 Å². The molecule has 102 valence electrons. The molecule has 0 heterocycles. The zero-order valence-corrected chi connectivity index (χ0v) is 11.5. The van der Waals surface area contributed by atoms with E-state index in [-0.39, 0.29) is 8.95 Å². The van der Waals surface area contributed by atoms with Gasteiger partial charge in [-0.25, -0.2) is 0 Å². The van der Waals surface area contributed by atoms with E-state index in [1.165, 1.54) is 6.07 Å². The molecule has 0 amide bonds. The standard InChI is InChI=1S/C9H5Br2F6N/c10-5-1-4(2-6(11)3-5)7(18,8(12,13)14)9(15,16)17/h1-3H,18H2. The molecule has 0 aliphatic rings. The maximum Gasteiger partial charge on any atom is 0.419 e. The Bertz CT molecular complexity index is 419. The fourth-order valence-electron chi connectivity index (χ4n) is 1.27. The SMILES string of the molecule is NC(c1cc(Br)cc(Br)c1)(C(F)(F)F)C(F)(F)F. The molecule has 0 aliphatic heterocycles. The first kappa shape index (κ1) is 15.8. The van der Waals surface area contributed by atoms with Gasteiger partial charge in [-0.05, 0) is 23.8 Å². The van der Waals surface area contributed by atoms with E-state index < -0.39 is 23.5 Å². The smallest absolute Gasteiger partial charge is 0.306 e. The van der Waals surface area contributed by atoms with Crippen LogP contribution in [0, 0.1) is 0 Å². The molecule has 0 fully saturated rings. The predicted octanol–water partition coefficient (Wildman–Crippen LogP) is 4.49. The van der Waals surface area contributed by atoms with E-state index in [4.69, 9.17) is 0 Å². The van der Waals surface area contributed by atoms with E-state index in [9.17, 15) is 26.3 Å².